The number of hydrogen-bond donors (Lipinski definition) is 1. The highest BCUT2D eigenvalue weighted by molar-refractivity contribution is 5.69. The first kappa shape index (κ1) is 16.4. The van der Waals surface area contributed by atoms with Gasteiger partial charge < -0.3 is 15.0 Å². The molecule has 1 fully saturated rings. The third-order valence-electron chi connectivity index (χ3n) is 3.85. The molecule has 0 amide bonds. The summed E-state index contributed by atoms with van der Waals surface area (Å²) in [4.78, 5) is 13.7. The van der Waals surface area contributed by atoms with Gasteiger partial charge in [0.1, 0.15) is 0 Å². The Morgan fingerprint density at radius 3 is 2.74 bits per heavy atom. The minimum absolute atomic E-state index is 0.101. The summed E-state index contributed by atoms with van der Waals surface area (Å²) in [5.41, 5.74) is 0. The summed E-state index contributed by atoms with van der Waals surface area (Å²) < 4.78 is 4.73. The van der Waals surface area contributed by atoms with Gasteiger partial charge in [0.15, 0.2) is 0 Å². The van der Waals surface area contributed by atoms with Crippen molar-refractivity contribution in [1.29, 1.82) is 0 Å². The number of nitrogens with one attached hydrogen (secondary N) is 1. The van der Waals surface area contributed by atoms with E-state index in [4.69, 9.17) is 4.74 Å². The average molecular weight is 270 g/mol. The third-order valence-corrected chi connectivity index (χ3v) is 3.85. The zero-order valence-corrected chi connectivity index (χ0v) is 12.8. The van der Waals surface area contributed by atoms with Crippen LogP contribution in [0.2, 0.25) is 0 Å². The van der Waals surface area contributed by atoms with E-state index in [1.165, 1.54) is 32.8 Å². The lowest BCUT2D eigenvalue weighted by molar-refractivity contribution is -0.141. The van der Waals surface area contributed by atoms with Crippen LogP contribution >= 0.6 is 0 Å². The van der Waals surface area contributed by atoms with Crippen molar-refractivity contribution < 1.29 is 9.53 Å². The van der Waals surface area contributed by atoms with Gasteiger partial charge in [-0.1, -0.05) is 20.3 Å². The van der Waals surface area contributed by atoms with Crippen molar-refractivity contribution in [3.05, 3.63) is 0 Å². The van der Waals surface area contributed by atoms with E-state index in [0.29, 0.717) is 12.5 Å². The van der Waals surface area contributed by atoms with Crippen LogP contribution in [0.3, 0.4) is 0 Å². The van der Waals surface area contributed by atoms with Crippen molar-refractivity contribution in [3.63, 3.8) is 0 Å². The maximum absolute atomic E-state index is 11.3. The highest BCUT2D eigenvalue weighted by atomic mass is 16.5. The minimum Gasteiger partial charge on any atom is -0.469 e. The van der Waals surface area contributed by atoms with Crippen LogP contribution in [0.4, 0.5) is 0 Å². The van der Waals surface area contributed by atoms with E-state index in [0.717, 1.165) is 32.1 Å². The van der Waals surface area contributed by atoms with Crippen LogP contribution in [0.1, 0.15) is 46.0 Å². The minimum atomic E-state index is -0.101. The van der Waals surface area contributed by atoms with Gasteiger partial charge >= 0.3 is 5.97 Å². The second-order valence-electron chi connectivity index (χ2n) is 5.63. The van der Waals surface area contributed by atoms with Crippen molar-refractivity contribution in [3.8, 4) is 0 Å². The molecule has 1 rings (SSSR count). The molecule has 1 N–H and O–H groups in total. The predicted octanol–water partition coefficient (Wildman–Crippen LogP) is 2.04. The Morgan fingerprint density at radius 1 is 1.32 bits per heavy atom. The molecule has 0 aliphatic carbocycles. The number of likely N-dealkylation sites (tertiary alicyclic amines) is 1. The summed E-state index contributed by atoms with van der Waals surface area (Å²) in [5, 5.41) is 3.63. The van der Waals surface area contributed by atoms with Gasteiger partial charge in [-0.2, -0.15) is 0 Å². The molecule has 1 aliphatic rings. The smallest absolute Gasteiger partial charge is 0.306 e. The molecule has 2 unspecified atom stereocenters. The number of piperidine rings is 1. The van der Waals surface area contributed by atoms with Crippen molar-refractivity contribution in [2.75, 3.05) is 33.3 Å². The molecule has 1 aliphatic heterocycles. The van der Waals surface area contributed by atoms with Gasteiger partial charge in [-0.05, 0) is 31.7 Å². The Hall–Kier alpha value is -0.610. The first-order chi connectivity index (χ1) is 9.19. The quantitative estimate of drug-likeness (QED) is 0.685. The van der Waals surface area contributed by atoms with E-state index in [9.17, 15) is 4.79 Å². The molecule has 2 atom stereocenters. The molecule has 0 aromatic rings. The van der Waals surface area contributed by atoms with Crippen molar-refractivity contribution >= 4 is 5.97 Å². The van der Waals surface area contributed by atoms with E-state index in [1.54, 1.807) is 0 Å². The van der Waals surface area contributed by atoms with Gasteiger partial charge in [-0.3, -0.25) is 4.79 Å². The number of rotatable bonds is 8. The molecule has 1 heterocycles. The highest BCUT2D eigenvalue weighted by Gasteiger charge is 2.26. The van der Waals surface area contributed by atoms with Crippen LogP contribution in [-0.4, -0.2) is 50.2 Å². The number of ether oxygens (including phenoxy) is 1. The van der Waals surface area contributed by atoms with Crippen LogP contribution < -0.4 is 5.32 Å². The Labute approximate surface area is 117 Å². The molecule has 1 saturated heterocycles. The lowest BCUT2D eigenvalue weighted by Crippen LogP contribution is -2.49. The molecule has 0 radical (unpaired) electrons. The largest absolute Gasteiger partial charge is 0.469 e. The Kier molecular flexibility index (Phi) is 8.07. The topological polar surface area (TPSA) is 41.6 Å². The molecule has 0 spiro atoms. The van der Waals surface area contributed by atoms with Crippen LogP contribution in [0.25, 0.3) is 0 Å². The summed E-state index contributed by atoms with van der Waals surface area (Å²) >= 11 is 0. The molecule has 0 aromatic carbocycles. The lowest BCUT2D eigenvalue weighted by Gasteiger charge is -2.38. The number of carbonyl (C=O) groups excluding carboxylic acids is 1. The number of carbonyl (C=O) groups is 1. The predicted molar refractivity (Wildman–Crippen MR) is 78.2 cm³/mol. The third kappa shape index (κ3) is 6.39. The van der Waals surface area contributed by atoms with Gasteiger partial charge in [0.25, 0.3) is 0 Å². The fourth-order valence-electron chi connectivity index (χ4n) is 2.95. The molecule has 4 heteroatoms. The molecule has 4 nitrogen and oxygen atoms in total. The fraction of sp³-hybridized carbons (Fsp3) is 0.933. The maximum Gasteiger partial charge on any atom is 0.306 e. The zero-order valence-electron chi connectivity index (χ0n) is 12.8. The van der Waals surface area contributed by atoms with Gasteiger partial charge in [-0.15, -0.1) is 0 Å². The summed E-state index contributed by atoms with van der Waals surface area (Å²) in [6.45, 7) is 8.58. The molecule has 19 heavy (non-hydrogen) atoms. The molecule has 0 aromatic heterocycles. The van der Waals surface area contributed by atoms with Gasteiger partial charge in [0, 0.05) is 25.7 Å². The number of nitrogens with zero attached hydrogens (tertiary/aromatic N) is 1. The van der Waals surface area contributed by atoms with E-state index in [1.807, 2.05) is 0 Å². The molecular weight excluding hydrogens is 240 g/mol. The Balaban J connectivity index is 2.42. The van der Waals surface area contributed by atoms with Crippen molar-refractivity contribution in [2.45, 2.75) is 52.0 Å². The van der Waals surface area contributed by atoms with Gasteiger partial charge in [-0.25, -0.2) is 0 Å². The average Bonchev–Trinajstić information content (AvgIpc) is 2.42. The van der Waals surface area contributed by atoms with E-state index >= 15 is 0 Å². The Bertz CT molecular complexity index is 259. The molecular formula is C15H30N2O2. The van der Waals surface area contributed by atoms with Crippen LogP contribution in [0.15, 0.2) is 0 Å². The normalized spacial score (nSPS) is 24.4. The standard InChI is InChI=1S/C15H30N2O2/c1-4-6-13-10-14(16-8-5-2)12-17(11-13)9-7-15(18)19-3/h13-14,16H,4-12H2,1-3H3. The Morgan fingerprint density at radius 2 is 2.11 bits per heavy atom. The van der Waals surface area contributed by atoms with Crippen molar-refractivity contribution in [1.82, 2.24) is 10.2 Å². The fourth-order valence-corrected chi connectivity index (χ4v) is 2.95. The van der Waals surface area contributed by atoms with Crippen LogP contribution in [-0.2, 0) is 9.53 Å². The van der Waals surface area contributed by atoms with Gasteiger partial charge in [0.05, 0.1) is 13.5 Å². The summed E-state index contributed by atoms with van der Waals surface area (Å²) in [6, 6.07) is 0.586. The molecule has 0 saturated carbocycles. The van der Waals surface area contributed by atoms with E-state index < -0.39 is 0 Å². The first-order valence-corrected chi connectivity index (χ1v) is 7.72. The zero-order chi connectivity index (χ0) is 14.1. The monoisotopic (exact) mass is 270 g/mol. The van der Waals surface area contributed by atoms with E-state index in [2.05, 4.69) is 24.1 Å². The van der Waals surface area contributed by atoms with Crippen LogP contribution in [0.5, 0.6) is 0 Å². The highest BCUT2D eigenvalue weighted by Crippen LogP contribution is 2.21. The first-order valence-electron chi connectivity index (χ1n) is 7.72. The van der Waals surface area contributed by atoms with Crippen LogP contribution in [0, 0.1) is 5.92 Å². The van der Waals surface area contributed by atoms with Gasteiger partial charge in [0.2, 0.25) is 0 Å². The summed E-state index contributed by atoms with van der Waals surface area (Å²) in [6.07, 6.45) is 5.50. The second-order valence-corrected chi connectivity index (χ2v) is 5.63. The number of esters is 1. The number of methoxy groups -OCH3 is 1. The second kappa shape index (κ2) is 9.32. The van der Waals surface area contributed by atoms with E-state index in [-0.39, 0.29) is 5.97 Å². The van der Waals surface area contributed by atoms with Crippen molar-refractivity contribution in [2.24, 2.45) is 5.92 Å². The molecule has 0 bridgehead atoms. The SMILES string of the molecule is CCCNC1CC(CCC)CN(CCC(=O)OC)C1. The summed E-state index contributed by atoms with van der Waals surface area (Å²) in [7, 11) is 1.46. The molecule has 112 valence electrons. The maximum atomic E-state index is 11.3. The summed E-state index contributed by atoms with van der Waals surface area (Å²) in [5.74, 6) is 0.668. The lowest BCUT2D eigenvalue weighted by atomic mass is 9.90. The number of hydrogen-bond acceptors (Lipinski definition) is 4.